The molecule has 0 aliphatic rings. The monoisotopic (exact) mass is 232 g/mol. The molecule has 1 aromatic rings. The Labute approximate surface area is 86.9 Å². The van der Waals surface area contributed by atoms with E-state index in [-0.39, 0.29) is 11.4 Å². The van der Waals surface area contributed by atoms with Crippen LogP contribution in [0.3, 0.4) is 0 Å². The topological polar surface area (TPSA) is 98.5 Å². The van der Waals surface area contributed by atoms with Crippen molar-refractivity contribution >= 4 is 22.3 Å². The lowest BCUT2D eigenvalue weighted by Gasteiger charge is -2.03. The number of ether oxygens (including phenoxy) is 1. The SMILES string of the molecule is COc1ccc([N+](=O)[O-])c(N[SH](=O)=O)c1. The maximum Gasteiger partial charge on any atom is 0.293 e. The van der Waals surface area contributed by atoms with Crippen molar-refractivity contribution in [1.29, 1.82) is 0 Å². The molecule has 1 rings (SSSR count). The maximum atomic E-state index is 10.5. The molecule has 0 heterocycles. The summed E-state index contributed by atoms with van der Waals surface area (Å²) in [6, 6.07) is 3.78. The number of hydrogen-bond acceptors (Lipinski definition) is 5. The lowest BCUT2D eigenvalue weighted by atomic mass is 10.2. The third-order valence-electron chi connectivity index (χ3n) is 1.61. The van der Waals surface area contributed by atoms with Crippen molar-refractivity contribution in [3.63, 3.8) is 0 Å². The molecule has 0 aliphatic heterocycles. The smallest absolute Gasteiger partial charge is 0.293 e. The fraction of sp³-hybridized carbons (Fsp3) is 0.143. The highest BCUT2D eigenvalue weighted by atomic mass is 32.2. The van der Waals surface area contributed by atoms with Crippen LogP contribution in [-0.2, 0) is 10.9 Å². The van der Waals surface area contributed by atoms with E-state index in [2.05, 4.69) is 0 Å². The van der Waals surface area contributed by atoms with Crippen LogP contribution in [0.15, 0.2) is 18.2 Å². The molecule has 0 saturated carbocycles. The van der Waals surface area contributed by atoms with E-state index in [0.29, 0.717) is 5.75 Å². The van der Waals surface area contributed by atoms with E-state index in [9.17, 15) is 18.5 Å². The van der Waals surface area contributed by atoms with Gasteiger partial charge in [0.05, 0.1) is 12.0 Å². The van der Waals surface area contributed by atoms with Crippen molar-refractivity contribution < 1.29 is 18.1 Å². The molecule has 0 fully saturated rings. The molecule has 82 valence electrons. The van der Waals surface area contributed by atoms with Crippen molar-refractivity contribution in [3.8, 4) is 5.75 Å². The van der Waals surface area contributed by atoms with Gasteiger partial charge in [-0.1, -0.05) is 0 Å². The van der Waals surface area contributed by atoms with Crippen LogP contribution in [0, 0.1) is 10.1 Å². The van der Waals surface area contributed by atoms with E-state index in [4.69, 9.17) is 4.74 Å². The second kappa shape index (κ2) is 4.60. The highest BCUT2D eigenvalue weighted by Crippen LogP contribution is 2.28. The Morgan fingerprint density at radius 2 is 2.13 bits per heavy atom. The Morgan fingerprint density at radius 1 is 1.47 bits per heavy atom. The Morgan fingerprint density at radius 3 is 2.60 bits per heavy atom. The van der Waals surface area contributed by atoms with E-state index in [1.54, 1.807) is 0 Å². The summed E-state index contributed by atoms with van der Waals surface area (Å²) in [4.78, 5) is 9.85. The van der Waals surface area contributed by atoms with E-state index >= 15 is 0 Å². The van der Waals surface area contributed by atoms with Crippen molar-refractivity contribution in [2.24, 2.45) is 0 Å². The van der Waals surface area contributed by atoms with Crippen molar-refractivity contribution in [2.45, 2.75) is 0 Å². The second-order valence-corrected chi connectivity index (χ2v) is 3.25. The van der Waals surface area contributed by atoms with Crippen molar-refractivity contribution in [1.82, 2.24) is 0 Å². The van der Waals surface area contributed by atoms with Crippen LogP contribution in [-0.4, -0.2) is 20.5 Å². The number of thiol groups is 1. The first-order chi connectivity index (χ1) is 7.04. The molecule has 0 atom stereocenters. The number of nitro groups is 1. The molecule has 0 bridgehead atoms. The molecular weight excluding hydrogens is 224 g/mol. The fourth-order valence-corrected chi connectivity index (χ4v) is 1.37. The lowest BCUT2D eigenvalue weighted by molar-refractivity contribution is -0.383. The van der Waals surface area contributed by atoms with Crippen LogP contribution < -0.4 is 9.46 Å². The molecular formula is C7H8N2O5S. The van der Waals surface area contributed by atoms with Gasteiger partial charge >= 0.3 is 0 Å². The zero-order valence-corrected chi connectivity index (χ0v) is 8.56. The first kappa shape index (κ1) is 11.2. The summed E-state index contributed by atoms with van der Waals surface area (Å²) in [5.74, 6) is 0.333. The molecule has 0 unspecified atom stereocenters. The standard InChI is InChI=1S/C7H8N2O5S/c1-14-5-2-3-7(9(10)11)6(4-5)8-15(12)13/h2-4,15H,1H3,(H,8,12,13). The average molecular weight is 232 g/mol. The molecule has 8 heteroatoms. The highest BCUT2D eigenvalue weighted by Gasteiger charge is 2.14. The van der Waals surface area contributed by atoms with Gasteiger partial charge in [0, 0.05) is 12.1 Å². The van der Waals surface area contributed by atoms with Gasteiger partial charge in [0.2, 0.25) is 10.9 Å². The minimum atomic E-state index is -2.95. The number of hydrogen-bond donors (Lipinski definition) is 2. The molecule has 0 aliphatic carbocycles. The van der Waals surface area contributed by atoms with E-state index < -0.39 is 15.8 Å². The minimum Gasteiger partial charge on any atom is -0.497 e. The highest BCUT2D eigenvalue weighted by molar-refractivity contribution is 7.73. The summed E-state index contributed by atoms with van der Waals surface area (Å²) in [6.45, 7) is 0. The number of nitrogens with one attached hydrogen (secondary N) is 1. The number of nitrogens with zero attached hydrogens (tertiary/aromatic N) is 1. The summed E-state index contributed by atoms with van der Waals surface area (Å²) in [7, 11) is -1.57. The number of benzene rings is 1. The van der Waals surface area contributed by atoms with Gasteiger partial charge in [0.1, 0.15) is 11.4 Å². The normalized spacial score (nSPS) is 10.0. The summed E-state index contributed by atoms with van der Waals surface area (Å²) in [6.07, 6.45) is 0. The predicted molar refractivity (Wildman–Crippen MR) is 53.6 cm³/mol. The summed E-state index contributed by atoms with van der Waals surface area (Å²) < 4.78 is 27.6. The first-order valence-electron chi connectivity index (χ1n) is 3.78. The van der Waals surface area contributed by atoms with Crippen molar-refractivity contribution in [3.05, 3.63) is 28.3 Å². The third kappa shape index (κ3) is 2.81. The molecule has 0 saturated heterocycles. The number of methoxy groups -OCH3 is 1. The van der Waals surface area contributed by atoms with Crippen LogP contribution in [0.4, 0.5) is 11.4 Å². The van der Waals surface area contributed by atoms with Gasteiger partial charge in [-0.15, -0.1) is 0 Å². The Balaban J connectivity index is 3.21. The van der Waals surface area contributed by atoms with Gasteiger partial charge in [0.15, 0.2) is 0 Å². The molecule has 15 heavy (non-hydrogen) atoms. The van der Waals surface area contributed by atoms with Gasteiger partial charge < -0.3 is 4.74 Å². The molecule has 0 spiro atoms. The van der Waals surface area contributed by atoms with Crippen molar-refractivity contribution in [2.75, 3.05) is 11.8 Å². The van der Waals surface area contributed by atoms with Gasteiger partial charge in [-0.3, -0.25) is 14.8 Å². The molecule has 0 amide bonds. The van der Waals surface area contributed by atoms with Crippen LogP contribution in [0.5, 0.6) is 5.75 Å². The van der Waals surface area contributed by atoms with Gasteiger partial charge in [-0.25, -0.2) is 8.42 Å². The Hall–Kier alpha value is -1.83. The van der Waals surface area contributed by atoms with Crippen LogP contribution in [0.25, 0.3) is 0 Å². The quantitative estimate of drug-likeness (QED) is 0.448. The van der Waals surface area contributed by atoms with Gasteiger partial charge in [-0.2, -0.15) is 0 Å². The lowest BCUT2D eigenvalue weighted by Crippen LogP contribution is -2.00. The van der Waals surface area contributed by atoms with Crippen LogP contribution >= 0.6 is 0 Å². The Bertz CT molecular complexity index is 449. The van der Waals surface area contributed by atoms with Gasteiger partial charge in [0.25, 0.3) is 5.69 Å². The van der Waals surface area contributed by atoms with E-state index in [1.807, 2.05) is 4.72 Å². The zero-order valence-electron chi connectivity index (χ0n) is 7.67. The van der Waals surface area contributed by atoms with E-state index in [0.717, 1.165) is 0 Å². The summed E-state index contributed by atoms with van der Waals surface area (Å²) >= 11 is 0. The summed E-state index contributed by atoms with van der Waals surface area (Å²) in [5, 5.41) is 10.5. The van der Waals surface area contributed by atoms with Crippen LogP contribution in [0.1, 0.15) is 0 Å². The molecule has 1 N–H and O–H groups in total. The summed E-state index contributed by atoms with van der Waals surface area (Å²) in [5.41, 5.74) is -0.439. The number of anilines is 1. The van der Waals surface area contributed by atoms with Gasteiger partial charge in [-0.05, 0) is 6.07 Å². The largest absolute Gasteiger partial charge is 0.497 e. The number of rotatable bonds is 4. The first-order valence-corrected chi connectivity index (χ1v) is 4.96. The predicted octanol–water partition coefficient (Wildman–Crippen LogP) is 0.542. The minimum absolute atomic E-state index is 0.115. The molecule has 1 aromatic carbocycles. The zero-order chi connectivity index (χ0) is 11.4. The fourth-order valence-electron chi connectivity index (χ4n) is 0.989. The Kier molecular flexibility index (Phi) is 3.45. The molecule has 0 radical (unpaired) electrons. The van der Waals surface area contributed by atoms with E-state index in [1.165, 1.54) is 25.3 Å². The average Bonchev–Trinajstić information content (AvgIpc) is 2.16. The van der Waals surface area contributed by atoms with Crippen LogP contribution in [0.2, 0.25) is 0 Å². The second-order valence-electron chi connectivity index (χ2n) is 2.51. The molecule has 0 aromatic heterocycles. The third-order valence-corrected chi connectivity index (χ3v) is 2.04. The number of nitro benzene ring substituents is 1. The maximum absolute atomic E-state index is 10.5. The molecule has 7 nitrogen and oxygen atoms in total.